The van der Waals surface area contributed by atoms with Crippen molar-refractivity contribution in [1.82, 2.24) is 9.55 Å². The molecule has 0 N–H and O–H groups in total. The van der Waals surface area contributed by atoms with Gasteiger partial charge in [-0.3, -0.25) is 4.57 Å². The lowest BCUT2D eigenvalue weighted by atomic mass is 9.98. The number of aromatic nitrogens is 2. The average molecular weight is 434 g/mol. The van der Waals surface area contributed by atoms with E-state index in [0.29, 0.717) is 22.2 Å². The lowest BCUT2D eigenvalue weighted by Crippen LogP contribution is -2.41. The Morgan fingerprint density at radius 2 is 2.04 bits per heavy atom. The zero-order valence-corrected chi connectivity index (χ0v) is 15.2. The first-order chi connectivity index (χ1) is 10.9. The van der Waals surface area contributed by atoms with Gasteiger partial charge < -0.3 is 4.74 Å². The molecule has 0 spiro atoms. The zero-order valence-electron chi connectivity index (χ0n) is 13.1. The maximum Gasteiger partial charge on any atom is 0.357 e. The van der Waals surface area contributed by atoms with E-state index in [-0.39, 0.29) is 5.69 Å². The maximum absolute atomic E-state index is 13.4. The number of ether oxygens (including phenoxy) is 1. The van der Waals surface area contributed by atoms with E-state index in [9.17, 15) is 13.6 Å². The van der Waals surface area contributed by atoms with Gasteiger partial charge in [-0.15, -0.1) is 0 Å². The Labute approximate surface area is 147 Å². The number of fused-ring (bicyclic) bond motifs is 1. The quantitative estimate of drug-likeness (QED) is 0.407. The number of nitrogens with zero attached hydrogens (tertiary/aromatic N) is 2. The van der Waals surface area contributed by atoms with E-state index in [1.54, 1.807) is 0 Å². The van der Waals surface area contributed by atoms with Crippen molar-refractivity contribution in [3.63, 3.8) is 0 Å². The Balaban J connectivity index is 0.000000924. The van der Waals surface area contributed by atoms with Gasteiger partial charge in [0.2, 0.25) is 0 Å². The van der Waals surface area contributed by atoms with Crippen LogP contribution in [0.5, 0.6) is 0 Å². The molecule has 0 aliphatic carbocycles. The fraction of sp³-hybridized carbons (Fsp3) is 0.375. The van der Waals surface area contributed by atoms with Gasteiger partial charge in [0.05, 0.1) is 11.4 Å². The number of carbonyl (C=O) groups is 1. The second-order valence-electron chi connectivity index (χ2n) is 5.16. The van der Waals surface area contributed by atoms with Gasteiger partial charge in [-0.05, 0) is 19.1 Å². The molecule has 0 amide bonds. The van der Waals surface area contributed by atoms with Gasteiger partial charge in [-0.2, -0.15) is 0 Å². The first-order valence-corrected chi connectivity index (χ1v) is 8.77. The Morgan fingerprint density at radius 3 is 2.65 bits per heavy atom. The number of halogens is 3. The van der Waals surface area contributed by atoms with Crippen molar-refractivity contribution in [3.05, 3.63) is 47.5 Å². The molecule has 1 aromatic heterocycles. The third-order valence-corrected chi connectivity index (χ3v) is 4.99. The molecule has 2 heterocycles. The van der Waals surface area contributed by atoms with E-state index in [1.807, 2.05) is 20.8 Å². The van der Waals surface area contributed by atoms with Crippen LogP contribution in [0.25, 0.3) is 5.69 Å². The van der Waals surface area contributed by atoms with Crippen molar-refractivity contribution in [1.29, 1.82) is 0 Å². The predicted octanol–water partition coefficient (Wildman–Crippen LogP) is 4.08. The highest BCUT2D eigenvalue weighted by molar-refractivity contribution is 14.1. The predicted molar refractivity (Wildman–Crippen MR) is 91.2 cm³/mol. The number of hydrogen-bond donors (Lipinski definition) is 0. The Bertz CT molecular complexity index is 733. The van der Waals surface area contributed by atoms with Gasteiger partial charge in [0.25, 0.3) is 0 Å². The van der Waals surface area contributed by atoms with Crippen molar-refractivity contribution in [2.45, 2.75) is 32.8 Å². The maximum atomic E-state index is 13.4. The van der Waals surface area contributed by atoms with Crippen LogP contribution in [0, 0.1) is 11.6 Å². The van der Waals surface area contributed by atoms with Crippen molar-refractivity contribution < 1.29 is 18.3 Å². The summed E-state index contributed by atoms with van der Waals surface area (Å²) in [7, 11) is 0. The molecule has 1 aromatic carbocycles. The van der Waals surface area contributed by atoms with Crippen LogP contribution in [0.15, 0.2) is 24.5 Å². The van der Waals surface area contributed by atoms with Crippen LogP contribution in [-0.4, -0.2) is 25.5 Å². The minimum atomic E-state index is -0.976. The summed E-state index contributed by atoms with van der Waals surface area (Å²) in [5.74, 6) is -2.42. The molecule has 124 valence electrons. The van der Waals surface area contributed by atoms with Crippen molar-refractivity contribution in [2.24, 2.45) is 0 Å². The van der Waals surface area contributed by atoms with E-state index in [1.165, 1.54) is 17.0 Å². The average Bonchev–Trinajstić information content (AvgIpc) is 2.96. The van der Waals surface area contributed by atoms with Crippen molar-refractivity contribution >= 4 is 28.6 Å². The zero-order chi connectivity index (χ0) is 17.2. The van der Waals surface area contributed by atoms with Gasteiger partial charge in [-0.1, -0.05) is 36.4 Å². The number of rotatable bonds is 2. The first-order valence-electron chi connectivity index (χ1n) is 7.24. The smallest absolute Gasteiger partial charge is 0.357 e. The Morgan fingerprint density at radius 1 is 1.35 bits per heavy atom. The fourth-order valence-corrected chi connectivity index (χ4v) is 2.72. The first kappa shape index (κ1) is 17.8. The monoisotopic (exact) mass is 434 g/mol. The number of imidazole rings is 1. The van der Waals surface area contributed by atoms with Gasteiger partial charge >= 0.3 is 5.97 Å². The highest BCUT2D eigenvalue weighted by Gasteiger charge is 2.38. The van der Waals surface area contributed by atoms with Crippen LogP contribution in [0.2, 0.25) is 0 Å². The molecule has 0 fully saturated rings. The molecule has 0 saturated heterocycles. The summed E-state index contributed by atoms with van der Waals surface area (Å²) in [6.45, 7) is 5.84. The summed E-state index contributed by atoms with van der Waals surface area (Å²) in [5.41, 5.74) is 0.619. The molecule has 0 radical (unpaired) electrons. The minimum absolute atomic E-state index is 0.267. The summed E-state index contributed by atoms with van der Waals surface area (Å²) in [4.78, 5) is 16.4. The van der Waals surface area contributed by atoms with E-state index < -0.39 is 23.2 Å². The highest BCUT2D eigenvalue weighted by atomic mass is 127. The van der Waals surface area contributed by atoms with Gasteiger partial charge in [0.1, 0.15) is 11.9 Å². The number of carbonyl (C=O) groups excluding carboxylic acids is 1. The molecule has 1 atom stereocenters. The Kier molecular flexibility index (Phi) is 5.38. The summed E-state index contributed by atoms with van der Waals surface area (Å²) < 4.78 is 33.9. The summed E-state index contributed by atoms with van der Waals surface area (Å²) >= 11 is 2.16. The molecule has 0 bridgehead atoms. The van der Waals surface area contributed by atoms with E-state index in [4.69, 9.17) is 4.74 Å². The molecule has 0 saturated carbocycles. The third kappa shape index (κ3) is 3.39. The summed E-state index contributed by atoms with van der Waals surface area (Å²) in [5, 5.41) is 0. The molecule has 4 nitrogen and oxygen atoms in total. The highest BCUT2D eigenvalue weighted by Crippen LogP contribution is 2.30. The number of alkyl halides is 1. The molecule has 1 aliphatic heterocycles. The van der Waals surface area contributed by atoms with Gasteiger partial charge in [0, 0.05) is 16.9 Å². The molecule has 1 unspecified atom stereocenters. The lowest BCUT2D eigenvalue weighted by molar-refractivity contribution is -0.00457. The topological polar surface area (TPSA) is 44.1 Å². The van der Waals surface area contributed by atoms with Crippen LogP contribution >= 0.6 is 22.6 Å². The molecular weight excluding hydrogens is 417 g/mol. The molecular formula is C16H17F2IN2O2. The number of cyclic esters (lactones) is 1. The molecule has 23 heavy (non-hydrogen) atoms. The number of hydrogen-bond acceptors (Lipinski definition) is 3. The van der Waals surface area contributed by atoms with E-state index >= 15 is 0 Å². The molecule has 2 aromatic rings. The molecule has 7 heteroatoms. The van der Waals surface area contributed by atoms with Gasteiger partial charge in [-0.25, -0.2) is 18.6 Å². The van der Waals surface area contributed by atoms with Crippen LogP contribution in [-0.2, 0) is 11.2 Å². The normalized spacial score (nSPS) is 19.5. The van der Waals surface area contributed by atoms with Crippen LogP contribution in [0.1, 0.15) is 37.0 Å². The molecule has 1 aliphatic rings. The number of esters is 1. The molecule has 3 rings (SSSR count). The number of benzene rings is 1. The van der Waals surface area contributed by atoms with Crippen molar-refractivity contribution in [3.8, 4) is 5.69 Å². The van der Waals surface area contributed by atoms with Gasteiger partial charge in [0.15, 0.2) is 17.3 Å². The van der Waals surface area contributed by atoms with E-state index in [2.05, 4.69) is 27.6 Å². The third-order valence-electron chi connectivity index (χ3n) is 3.38. The summed E-state index contributed by atoms with van der Waals surface area (Å²) in [6, 6.07) is 3.43. The SMILES string of the molecule is CC.CC1(CI)Cc2ncn(-c3ccc(F)c(F)c3)c2C(=O)O1. The van der Waals surface area contributed by atoms with Crippen molar-refractivity contribution in [2.75, 3.05) is 4.43 Å². The van der Waals surface area contributed by atoms with Crippen LogP contribution in [0.4, 0.5) is 8.78 Å². The fourth-order valence-electron chi connectivity index (χ4n) is 2.30. The second-order valence-corrected chi connectivity index (χ2v) is 5.92. The largest absolute Gasteiger partial charge is 0.453 e. The second kappa shape index (κ2) is 6.94. The van der Waals surface area contributed by atoms with E-state index in [0.717, 1.165) is 12.1 Å². The standard InChI is InChI=1S/C14H11F2IN2O2.C2H6/c1-14(6-17)5-11-12(13(20)21-14)19(7-18-11)8-2-3-9(15)10(16)4-8;1-2/h2-4,7H,5-6H2,1H3;1-2H3. The Hall–Kier alpha value is -1.51. The summed E-state index contributed by atoms with van der Waals surface area (Å²) in [6.07, 6.45) is 1.92. The van der Waals surface area contributed by atoms with Crippen LogP contribution in [0.3, 0.4) is 0 Å². The van der Waals surface area contributed by atoms with Crippen LogP contribution < -0.4 is 0 Å². The minimum Gasteiger partial charge on any atom is -0.453 e. The lowest BCUT2D eigenvalue weighted by Gasteiger charge is -2.31.